The standard InChI is InChI=1S/C12H22N4/c1-4-16(11-5-6-13-8-11)9-12-7-10(2)14-15(12)3/h7,11,13H,4-6,8-9H2,1-3H3. The summed E-state index contributed by atoms with van der Waals surface area (Å²) in [6.45, 7) is 8.70. The SMILES string of the molecule is CCN(Cc1cc(C)nn1C)C1CCNC1. The molecule has 1 saturated heterocycles. The molecule has 0 amide bonds. The Hall–Kier alpha value is -0.870. The molecule has 16 heavy (non-hydrogen) atoms. The van der Waals surface area contributed by atoms with Crippen molar-refractivity contribution in [1.82, 2.24) is 20.0 Å². The van der Waals surface area contributed by atoms with Gasteiger partial charge in [-0.1, -0.05) is 6.92 Å². The summed E-state index contributed by atoms with van der Waals surface area (Å²) in [6.07, 6.45) is 1.27. The Kier molecular flexibility index (Phi) is 3.61. The van der Waals surface area contributed by atoms with Gasteiger partial charge in [0, 0.05) is 26.2 Å². The Morgan fingerprint density at radius 2 is 2.44 bits per heavy atom. The zero-order valence-corrected chi connectivity index (χ0v) is 10.5. The molecule has 90 valence electrons. The van der Waals surface area contributed by atoms with E-state index < -0.39 is 0 Å². The monoisotopic (exact) mass is 222 g/mol. The lowest BCUT2D eigenvalue weighted by molar-refractivity contribution is 0.205. The Labute approximate surface area is 97.6 Å². The van der Waals surface area contributed by atoms with Crippen LogP contribution in [0.5, 0.6) is 0 Å². The van der Waals surface area contributed by atoms with E-state index in [1.807, 2.05) is 11.7 Å². The second-order valence-electron chi connectivity index (χ2n) is 4.61. The van der Waals surface area contributed by atoms with Crippen LogP contribution in [0.3, 0.4) is 0 Å². The van der Waals surface area contributed by atoms with Crippen molar-refractivity contribution in [2.45, 2.75) is 32.9 Å². The van der Waals surface area contributed by atoms with Crippen LogP contribution in [0, 0.1) is 6.92 Å². The fourth-order valence-electron chi connectivity index (χ4n) is 2.47. The minimum atomic E-state index is 0.695. The van der Waals surface area contributed by atoms with Crippen LogP contribution in [-0.2, 0) is 13.6 Å². The van der Waals surface area contributed by atoms with Crippen LogP contribution >= 0.6 is 0 Å². The lowest BCUT2D eigenvalue weighted by atomic mass is 10.2. The summed E-state index contributed by atoms with van der Waals surface area (Å²) in [5, 5.41) is 7.83. The Balaban J connectivity index is 2.03. The largest absolute Gasteiger partial charge is 0.315 e. The molecular formula is C12H22N4. The van der Waals surface area contributed by atoms with Crippen LogP contribution in [0.25, 0.3) is 0 Å². The molecule has 0 radical (unpaired) electrons. The molecule has 0 spiro atoms. The summed E-state index contributed by atoms with van der Waals surface area (Å²) < 4.78 is 2.00. The van der Waals surface area contributed by atoms with Crippen molar-refractivity contribution in [3.05, 3.63) is 17.5 Å². The third-order valence-electron chi connectivity index (χ3n) is 3.42. The summed E-state index contributed by atoms with van der Waals surface area (Å²) in [4.78, 5) is 2.54. The first kappa shape index (κ1) is 11.6. The van der Waals surface area contributed by atoms with Gasteiger partial charge in [0.15, 0.2) is 0 Å². The maximum atomic E-state index is 4.40. The second kappa shape index (κ2) is 4.97. The first-order valence-electron chi connectivity index (χ1n) is 6.15. The van der Waals surface area contributed by atoms with E-state index in [9.17, 15) is 0 Å². The predicted molar refractivity (Wildman–Crippen MR) is 65.3 cm³/mol. The van der Waals surface area contributed by atoms with Crippen LogP contribution in [0.2, 0.25) is 0 Å². The molecule has 0 aromatic carbocycles. The zero-order chi connectivity index (χ0) is 11.5. The Morgan fingerprint density at radius 3 is 2.94 bits per heavy atom. The van der Waals surface area contributed by atoms with Crippen LogP contribution < -0.4 is 5.32 Å². The van der Waals surface area contributed by atoms with Crippen LogP contribution in [0.15, 0.2) is 6.07 Å². The third-order valence-corrected chi connectivity index (χ3v) is 3.42. The van der Waals surface area contributed by atoms with Gasteiger partial charge in [-0.05, 0) is 32.5 Å². The maximum absolute atomic E-state index is 4.40. The highest BCUT2D eigenvalue weighted by Gasteiger charge is 2.21. The molecule has 2 rings (SSSR count). The number of nitrogens with one attached hydrogen (secondary N) is 1. The number of aromatic nitrogens is 2. The molecule has 1 aromatic heterocycles. The van der Waals surface area contributed by atoms with Crippen molar-refractivity contribution in [3.63, 3.8) is 0 Å². The topological polar surface area (TPSA) is 33.1 Å². The molecule has 1 aliphatic rings. The highest BCUT2D eigenvalue weighted by Crippen LogP contribution is 2.13. The lowest BCUT2D eigenvalue weighted by Gasteiger charge is -2.26. The van der Waals surface area contributed by atoms with E-state index in [1.54, 1.807) is 0 Å². The van der Waals surface area contributed by atoms with Crippen molar-refractivity contribution in [2.24, 2.45) is 7.05 Å². The fourth-order valence-corrected chi connectivity index (χ4v) is 2.47. The molecule has 2 heterocycles. The van der Waals surface area contributed by atoms with Crippen molar-refractivity contribution in [1.29, 1.82) is 0 Å². The summed E-state index contributed by atoms with van der Waals surface area (Å²) in [5.41, 5.74) is 2.42. The van der Waals surface area contributed by atoms with Crippen molar-refractivity contribution < 1.29 is 0 Å². The lowest BCUT2D eigenvalue weighted by Crippen LogP contribution is -2.36. The van der Waals surface area contributed by atoms with Crippen molar-refractivity contribution in [3.8, 4) is 0 Å². The van der Waals surface area contributed by atoms with E-state index in [-0.39, 0.29) is 0 Å². The van der Waals surface area contributed by atoms with Gasteiger partial charge in [0.05, 0.1) is 11.4 Å². The maximum Gasteiger partial charge on any atom is 0.0597 e. The summed E-state index contributed by atoms with van der Waals surface area (Å²) in [5.74, 6) is 0. The molecule has 1 atom stereocenters. The van der Waals surface area contributed by atoms with E-state index in [0.29, 0.717) is 6.04 Å². The summed E-state index contributed by atoms with van der Waals surface area (Å²) in [6, 6.07) is 2.88. The van der Waals surface area contributed by atoms with Crippen LogP contribution in [-0.4, -0.2) is 40.4 Å². The van der Waals surface area contributed by atoms with E-state index in [0.717, 1.165) is 31.9 Å². The molecule has 1 N–H and O–H groups in total. The van der Waals surface area contributed by atoms with Gasteiger partial charge in [0.2, 0.25) is 0 Å². The van der Waals surface area contributed by atoms with E-state index in [4.69, 9.17) is 0 Å². The first-order chi connectivity index (χ1) is 7.70. The molecule has 4 nitrogen and oxygen atoms in total. The van der Waals surface area contributed by atoms with Gasteiger partial charge in [-0.15, -0.1) is 0 Å². The van der Waals surface area contributed by atoms with Crippen LogP contribution in [0.1, 0.15) is 24.7 Å². The smallest absolute Gasteiger partial charge is 0.0597 e. The molecule has 1 aliphatic heterocycles. The van der Waals surface area contributed by atoms with Crippen molar-refractivity contribution in [2.75, 3.05) is 19.6 Å². The first-order valence-corrected chi connectivity index (χ1v) is 6.15. The molecular weight excluding hydrogens is 200 g/mol. The fraction of sp³-hybridized carbons (Fsp3) is 0.750. The van der Waals surface area contributed by atoms with E-state index in [2.05, 4.69) is 35.2 Å². The number of hydrogen-bond acceptors (Lipinski definition) is 3. The number of aryl methyl sites for hydroxylation is 2. The summed E-state index contributed by atoms with van der Waals surface area (Å²) >= 11 is 0. The molecule has 1 unspecified atom stereocenters. The molecule has 0 aliphatic carbocycles. The van der Waals surface area contributed by atoms with Gasteiger partial charge >= 0.3 is 0 Å². The minimum Gasteiger partial charge on any atom is -0.315 e. The second-order valence-corrected chi connectivity index (χ2v) is 4.61. The number of rotatable bonds is 4. The zero-order valence-electron chi connectivity index (χ0n) is 10.5. The number of likely N-dealkylation sites (N-methyl/N-ethyl adjacent to an activating group) is 1. The molecule has 1 aromatic rings. The quantitative estimate of drug-likeness (QED) is 0.822. The highest BCUT2D eigenvalue weighted by atomic mass is 15.3. The molecule has 0 saturated carbocycles. The Morgan fingerprint density at radius 1 is 1.62 bits per heavy atom. The van der Waals surface area contributed by atoms with Crippen molar-refractivity contribution >= 4 is 0 Å². The van der Waals surface area contributed by atoms with Gasteiger partial charge in [0.25, 0.3) is 0 Å². The van der Waals surface area contributed by atoms with Gasteiger partial charge in [0.1, 0.15) is 0 Å². The van der Waals surface area contributed by atoms with Gasteiger partial charge in [-0.3, -0.25) is 9.58 Å². The van der Waals surface area contributed by atoms with E-state index >= 15 is 0 Å². The molecule has 4 heteroatoms. The molecule has 0 bridgehead atoms. The van der Waals surface area contributed by atoms with Gasteiger partial charge in [-0.2, -0.15) is 5.10 Å². The minimum absolute atomic E-state index is 0.695. The summed E-state index contributed by atoms with van der Waals surface area (Å²) in [7, 11) is 2.03. The third kappa shape index (κ3) is 2.44. The predicted octanol–water partition coefficient (Wildman–Crippen LogP) is 0.912. The average Bonchev–Trinajstić information content (AvgIpc) is 2.85. The average molecular weight is 222 g/mol. The molecule has 1 fully saturated rings. The normalized spacial score (nSPS) is 20.9. The van der Waals surface area contributed by atoms with Gasteiger partial charge in [-0.25, -0.2) is 0 Å². The van der Waals surface area contributed by atoms with E-state index in [1.165, 1.54) is 12.1 Å². The highest BCUT2D eigenvalue weighted by molar-refractivity contribution is 5.08. The van der Waals surface area contributed by atoms with Crippen LogP contribution in [0.4, 0.5) is 0 Å². The number of hydrogen-bond donors (Lipinski definition) is 1. The Bertz CT molecular complexity index is 339. The van der Waals surface area contributed by atoms with Gasteiger partial charge < -0.3 is 5.32 Å². The number of nitrogens with zero attached hydrogens (tertiary/aromatic N) is 3.